The number of ether oxygens (including phenoxy) is 1. The maximum Gasteiger partial charge on any atom is 0.417 e. The molecule has 0 unspecified atom stereocenters. The van der Waals surface area contributed by atoms with Crippen molar-refractivity contribution in [2.24, 2.45) is 0 Å². The van der Waals surface area contributed by atoms with E-state index in [0.717, 1.165) is 24.7 Å². The van der Waals surface area contributed by atoms with E-state index >= 15 is 0 Å². The third kappa shape index (κ3) is 4.41. The third-order valence-corrected chi connectivity index (χ3v) is 3.11. The molecule has 0 saturated heterocycles. The molecule has 7 nitrogen and oxygen atoms in total. The van der Waals surface area contributed by atoms with E-state index in [1.54, 1.807) is 6.92 Å². The Kier molecular flexibility index (Phi) is 5.65. The van der Waals surface area contributed by atoms with Gasteiger partial charge in [-0.15, -0.1) is 0 Å². The molecule has 0 aromatic carbocycles. The highest BCUT2D eigenvalue weighted by molar-refractivity contribution is 6.11. The summed E-state index contributed by atoms with van der Waals surface area (Å²) < 4.78 is 43.5. The van der Waals surface area contributed by atoms with E-state index in [0.29, 0.717) is 12.3 Å². The second kappa shape index (κ2) is 7.72. The molecule has 2 aromatic heterocycles. The van der Waals surface area contributed by atoms with Crippen LogP contribution in [0.1, 0.15) is 43.6 Å². The first-order chi connectivity index (χ1) is 12.2. The van der Waals surface area contributed by atoms with Gasteiger partial charge in [-0.05, 0) is 19.1 Å². The molecule has 2 rings (SSSR count). The van der Waals surface area contributed by atoms with E-state index in [2.05, 4.69) is 9.97 Å². The topological polar surface area (TPSA) is 98.2 Å². The summed E-state index contributed by atoms with van der Waals surface area (Å²) in [7, 11) is 0. The number of rotatable bonds is 4. The summed E-state index contributed by atoms with van der Waals surface area (Å²) in [5.74, 6) is -3.03. The number of hydrogen-bond acceptors (Lipinski definition) is 6. The predicted molar refractivity (Wildman–Crippen MR) is 81.2 cm³/mol. The number of carbonyl (C=O) groups excluding carboxylic acids is 3. The molecule has 0 aliphatic carbocycles. The molecule has 2 amide bonds. The molecule has 0 saturated carbocycles. The van der Waals surface area contributed by atoms with Crippen molar-refractivity contribution in [3.8, 4) is 0 Å². The van der Waals surface area contributed by atoms with Gasteiger partial charge in [0.25, 0.3) is 11.8 Å². The van der Waals surface area contributed by atoms with E-state index < -0.39 is 35.1 Å². The highest BCUT2D eigenvalue weighted by atomic mass is 19.4. The van der Waals surface area contributed by atoms with Crippen LogP contribution in [0, 0.1) is 0 Å². The molecule has 0 aliphatic rings. The quantitative estimate of drug-likeness (QED) is 0.657. The number of nitrogens with zero attached hydrogens (tertiary/aromatic N) is 2. The number of alkyl halides is 3. The maximum atomic E-state index is 12.9. The third-order valence-electron chi connectivity index (χ3n) is 3.11. The molecule has 0 aliphatic heterocycles. The number of pyridine rings is 2. The van der Waals surface area contributed by atoms with Crippen LogP contribution in [0.3, 0.4) is 0 Å². The monoisotopic (exact) mass is 367 g/mol. The number of imide groups is 1. The number of esters is 1. The maximum absolute atomic E-state index is 12.9. The summed E-state index contributed by atoms with van der Waals surface area (Å²) in [5, 5.41) is 1.81. The van der Waals surface area contributed by atoms with E-state index in [1.807, 2.05) is 5.32 Å². The van der Waals surface area contributed by atoms with Gasteiger partial charge in [-0.25, -0.2) is 4.79 Å². The Hall–Kier alpha value is -3.30. The zero-order valence-corrected chi connectivity index (χ0v) is 13.3. The average Bonchev–Trinajstić information content (AvgIpc) is 2.61. The largest absolute Gasteiger partial charge is 0.462 e. The van der Waals surface area contributed by atoms with E-state index in [-0.39, 0.29) is 17.7 Å². The van der Waals surface area contributed by atoms with Gasteiger partial charge in [-0.3, -0.25) is 24.9 Å². The summed E-state index contributed by atoms with van der Waals surface area (Å²) >= 11 is 0. The standard InChI is InChI=1S/C16H12F3N3O4/c1-2-26-15(25)10-5-9(6-21-7-10)13(23)22-14(24)11-8-20-4-3-12(11)16(17,18)19/h3-8H,2H2,1H3,(H,22,23,24). The lowest BCUT2D eigenvalue weighted by Gasteiger charge is -2.11. The first kappa shape index (κ1) is 19.0. The number of nitrogens with one attached hydrogen (secondary N) is 1. The molecule has 26 heavy (non-hydrogen) atoms. The minimum absolute atomic E-state index is 0.0377. The zero-order valence-electron chi connectivity index (χ0n) is 13.3. The Morgan fingerprint density at radius 1 is 1.08 bits per heavy atom. The molecule has 0 bridgehead atoms. The van der Waals surface area contributed by atoms with Gasteiger partial charge in [0.1, 0.15) is 0 Å². The summed E-state index contributed by atoms with van der Waals surface area (Å²) in [6, 6.07) is 1.74. The van der Waals surface area contributed by atoms with Gasteiger partial charge in [0.05, 0.1) is 28.9 Å². The van der Waals surface area contributed by atoms with E-state index in [9.17, 15) is 27.6 Å². The Balaban J connectivity index is 2.22. The van der Waals surface area contributed by atoms with Crippen LogP contribution in [0.4, 0.5) is 13.2 Å². The smallest absolute Gasteiger partial charge is 0.417 e. The van der Waals surface area contributed by atoms with Crippen LogP contribution in [-0.4, -0.2) is 34.4 Å². The normalized spacial score (nSPS) is 10.9. The molecule has 2 heterocycles. The second-order valence-electron chi connectivity index (χ2n) is 4.89. The summed E-state index contributed by atoms with van der Waals surface area (Å²) in [6.45, 7) is 1.70. The fraction of sp³-hybridized carbons (Fsp3) is 0.188. The van der Waals surface area contributed by atoms with Gasteiger partial charge >= 0.3 is 12.1 Å². The fourth-order valence-electron chi connectivity index (χ4n) is 1.96. The van der Waals surface area contributed by atoms with Crippen molar-refractivity contribution in [2.75, 3.05) is 6.61 Å². The highest BCUT2D eigenvalue weighted by Gasteiger charge is 2.35. The number of carbonyl (C=O) groups is 3. The van der Waals surface area contributed by atoms with Crippen molar-refractivity contribution in [1.82, 2.24) is 15.3 Å². The van der Waals surface area contributed by atoms with Crippen LogP contribution in [-0.2, 0) is 10.9 Å². The Labute approximate surface area is 145 Å². The van der Waals surface area contributed by atoms with Crippen LogP contribution in [0.5, 0.6) is 0 Å². The van der Waals surface area contributed by atoms with Crippen LogP contribution >= 0.6 is 0 Å². The van der Waals surface area contributed by atoms with Crippen molar-refractivity contribution >= 4 is 17.8 Å². The molecular weight excluding hydrogens is 355 g/mol. The van der Waals surface area contributed by atoms with Crippen LogP contribution in [0.25, 0.3) is 0 Å². The summed E-state index contributed by atoms with van der Waals surface area (Å²) in [6.07, 6.45) is -0.990. The Morgan fingerprint density at radius 3 is 2.42 bits per heavy atom. The molecule has 0 atom stereocenters. The second-order valence-corrected chi connectivity index (χ2v) is 4.89. The van der Waals surface area contributed by atoms with Crippen molar-refractivity contribution < 1.29 is 32.3 Å². The van der Waals surface area contributed by atoms with Gasteiger partial charge in [0, 0.05) is 24.8 Å². The number of aromatic nitrogens is 2. The SMILES string of the molecule is CCOC(=O)c1cncc(C(=O)NC(=O)c2cnccc2C(F)(F)F)c1. The van der Waals surface area contributed by atoms with Gasteiger partial charge in [0.15, 0.2) is 0 Å². The lowest BCUT2D eigenvalue weighted by atomic mass is 10.1. The lowest BCUT2D eigenvalue weighted by molar-refractivity contribution is -0.138. The molecule has 1 N–H and O–H groups in total. The molecule has 0 spiro atoms. The van der Waals surface area contributed by atoms with Crippen molar-refractivity contribution in [3.05, 3.63) is 59.2 Å². The summed E-state index contributed by atoms with van der Waals surface area (Å²) in [5.41, 5.74) is -2.26. The Morgan fingerprint density at radius 2 is 1.77 bits per heavy atom. The molecule has 136 valence electrons. The molecular formula is C16H12F3N3O4. The number of halogens is 3. The molecule has 2 aromatic rings. The van der Waals surface area contributed by atoms with Crippen LogP contribution in [0.15, 0.2) is 36.9 Å². The van der Waals surface area contributed by atoms with Crippen molar-refractivity contribution in [2.45, 2.75) is 13.1 Å². The first-order valence-electron chi connectivity index (χ1n) is 7.23. The minimum atomic E-state index is -4.79. The minimum Gasteiger partial charge on any atom is -0.462 e. The van der Waals surface area contributed by atoms with E-state index in [4.69, 9.17) is 4.74 Å². The average molecular weight is 367 g/mol. The molecule has 10 heteroatoms. The van der Waals surface area contributed by atoms with Gasteiger partial charge in [-0.2, -0.15) is 13.2 Å². The van der Waals surface area contributed by atoms with Crippen molar-refractivity contribution in [3.63, 3.8) is 0 Å². The van der Waals surface area contributed by atoms with Gasteiger partial charge < -0.3 is 4.74 Å². The molecule has 0 fully saturated rings. The Bertz CT molecular complexity index is 853. The van der Waals surface area contributed by atoms with Crippen LogP contribution < -0.4 is 5.32 Å². The van der Waals surface area contributed by atoms with E-state index in [1.165, 1.54) is 0 Å². The first-order valence-corrected chi connectivity index (χ1v) is 7.23. The van der Waals surface area contributed by atoms with Crippen molar-refractivity contribution in [1.29, 1.82) is 0 Å². The fourth-order valence-corrected chi connectivity index (χ4v) is 1.96. The lowest BCUT2D eigenvalue weighted by Crippen LogP contribution is -2.32. The van der Waals surface area contributed by atoms with Crippen LogP contribution in [0.2, 0.25) is 0 Å². The summed E-state index contributed by atoms with van der Waals surface area (Å²) in [4.78, 5) is 42.9. The van der Waals surface area contributed by atoms with Gasteiger partial charge in [-0.1, -0.05) is 0 Å². The number of amides is 2. The number of hydrogen-bond donors (Lipinski definition) is 1. The van der Waals surface area contributed by atoms with Gasteiger partial charge in [0.2, 0.25) is 0 Å². The zero-order chi connectivity index (χ0) is 19.3. The highest BCUT2D eigenvalue weighted by Crippen LogP contribution is 2.31. The predicted octanol–water partition coefficient (Wildman–Crippen LogP) is 2.24. The molecule has 0 radical (unpaired) electrons.